The second kappa shape index (κ2) is 10.9. The Hall–Kier alpha value is -4.20. The van der Waals surface area contributed by atoms with Crippen LogP contribution in [0.2, 0.25) is 0 Å². The third-order valence-corrected chi connectivity index (χ3v) is 5.95. The van der Waals surface area contributed by atoms with Gasteiger partial charge in [-0.3, -0.25) is 18.9 Å². The molecule has 208 valence electrons. The predicted octanol–water partition coefficient (Wildman–Crippen LogP) is 3.64. The van der Waals surface area contributed by atoms with Crippen molar-refractivity contribution in [2.24, 2.45) is 12.0 Å². The summed E-state index contributed by atoms with van der Waals surface area (Å²) in [5.74, 6) is -1.28. The molecular formula is C25H25F4N5O5. The topological polar surface area (TPSA) is 120 Å². The number of aliphatic hydroxyl groups is 1. The van der Waals surface area contributed by atoms with Gasteiger partial charge in [-0.05, 0) is 43.5 Å². The molecule has 3 aromatic rings. The normalized spacial score (nSPS) is 14.7. The lowest BCUT2D eigenvalue weighted by atomic mass is 10.2. The summed E-state index contributed by atoms with van der Waals surface area (Å²) < 4.78 is 62.5. The standard InChI is InChI=1S/C25H25F4N5O5/c1-15(38-18-4-3-5-19(12-18)39-25(27,28)29)32-21-20(31-14-17-7-6-16(26)13-30-17)22(35)34(23(36)33(21)2)11-10-24(37)8-9-24/h3-7,12-13,31,37H,8-11,14H2,1-2H3/b32-15+. The number of aliphatic imine (C=N–C) groups is 1. The molecule has 0 aliphatic heterocycles. The van der Waals surface area contributed by atoms with E-state index in [1.54, 1.807) is 0 Å². The third-order valence-electron chi connectivity index (χ3n) is 5.95. The van der Waals surface area contributed by atoms with Crippen LogP contribution in [0.25, 0.3) is 0 Å². The number of pyridine rings is 1. The summed E-state index contributed by atoms with van der Waals surface area (Å²) in [6.07, 6.45) is -2.50. The molecule has 4 rings (SSSR count). The van der Waals surface area contributed by atoms with Crippen molar-refractivity contribution in [2.45, 2.75) is 51.2 Å². The maximum absolute atomic E-state index is 13.4. The highest BCUT2D eigenvalue weighted by Crippen LogP contribution is 2.38. The molecule has 0 saturated heterocycles. The third kappa shape index (κ3) is 7.22. The van der Waals surface area contributed by atoms with Crippen molar-refractivity contribution in [3.63, 3.8) is 0 Å². The summed E-state index contributed by atoms with van der Waals surface area (Å²) in [5, 5.41) is 13.1. The molecule has 1 aromatic carbocycles. The van der Waals surface area contributed by atoms with Crippen LogP contribution in [0.5, 0.6) is 11.5 Å². The van der Waals surface area contributed by atoms with Crippen molar-refractivity contribution >= 4 is 17.4 Å². The molecule has 0 amide bonds. The molecule has 2 aromatic heterocycles. The molecule has 39 heavy (non-hydrogen) atoms. The SMILES string of the molecule is C/C(=N\c1c(NCc2ccc(F)cn2)c(=O)n(CCC2(O)CC2)c(=O)n1C)Oc1cccc(OC(F)(F)F)c1. The molecule has 2 heterocycles. The fraction of sp³-hybridized carbons (Fsp3) is 0.360. The van der Waals surface area contributed by atoms with Gasteiger partial charge in [0.2, 0.25) is 0 Å². The summed E-state index contributed by atoms with van der Waals surface area (Å²) >= 11 is 0. The minimum Gasteiger partial charge on any atom is -0.443 e. The van der Waals surface area contributed by atoms with E-state index in [0.717, 1.165) is 27.5 Å². The molecule has 0 atom stereocenters. The smallest absolute Gasteiger partial charge is 0.443 e. The molecule has 0 unspecified atom stereocenters. The molecule has 14 heteroatoms. The predicted molar refractivity (Wildman–Crippen MR) is 133 cm³/mol. The highest BCUT2D eigenvalue weighted by molar-refractivity contribution is 5.81. The van der Waals surface area contributed by atoms with E-state index in [1.807, 2.05) is 0 Å². The van der Waals surface area contributed by atoms with E-state index in [9.17, 15) is 32.3 Å². The van der Waals surface area contributed by atoms with Crippen LogP contribution in [0.3, 0.4) is 0 Å². The lowest BCUT2D eigenvalue weighted by Gasteiger charge is -2.17. The minimum atomic E-state index is -4.89. The van der Waals surface area contributed by atoms with E-state index in [4.69, 9.17) is 4.74 Å². The van der Waals surface area contributed by atoms with Gasteiger partial charge in [-0.15, -0.1) is 13.2 Å². The molecule has 10 nitrogen and oxygen atoms in total. The van der Waals surface area contributed by atoms with Crippen LogP contribution in [0.4, 0.5) is 29.1 Å². The lowest BCUT2D eigenvalue weighted by Crippen LogP contribution is -2.41. The summed E-state index contributed by atoms with van der Waals surface area (Å²) in [7, 11) is 1.38. The first-order valence-electron chi connectivity index (χ1n) is 11.8. The van der Waals surface area contributed by atoms with E-state index in [1.165, 1.54) is 38.2 Å². The van der Waals surface area contributed by atoms with Gasteiger partial charge < -0.3 is 19.9 Å². The number of rotatable bonds is 9. The van der Waals surface area contributed by atoms with E-state index >= 15 is 0 Å². The average molecular weight is 551 g/mol. The van der Waals surface area contributed by atoms with Crippen molar-refractivity contribution in [3.05, 3.63) is 74.9 Å². The molecule has 1 fully saturated rings. The Bertz CT molecular complexity index is 1490. The second-order valence-corrected chi connectivity index (χ2v) is 9.05. The van der Waals surface area contributed by atoms with Gasteiger partial charge in [0, 0.05) is 26.6 Å². The van der Waals surface area contributed by atoms with Gasteiger partial charge in [-0.1, -0.05) is 6.07 Å². The molecule has 2 N–H and O–H groups in total. The molecule has 0 bridgehead atoms. The minimum absolute atomic E-state index is 0.0170. The largest absolute Gasteiger partial charge is 0.573 e. The summed E-state index contributed by atoms with van der Waals surface area (Å²) in [6.45, 7) is 1.34. The highest BCUT2D eigenvalue weighted by atomic mass is 19.4. The molecule has 0 radical (unpaired) electrons. The van der Waals surface area contributed by atoms with Crippen LogP contribution in [0, 0.1) is 5.82 Å². The lowest BCUT2D eigenvalue weighted by molar-refractivity contribution is -0.274. The van der Waals surface area contributed by atoms with Gasteiger partial charge in [0.25, 0.3) is 5.56 Å². The maximum Gasteiger partial charge on any atom is 0.573 e. The summed E-state index contributed by atoms with van der Waals surface area (Å²) in [4.78, 5) is 34.6. The molecule has 1 aliphatic rings. The van der Waals surface area contributed by atoms with Crippen molar-refractivity contribution in [1.82, 2.24) is 14.1 Å². The van der Waals surface area contributed by atoms with Gasteiger partial charge in [-0.25, -0.2) is 9.18 Å². The van der Waals surface area contributed by atoms with Crippen LogP contribution >= 0.6 is 0 Å². The first-order chi connectivity index (χ1) is 18.3. The van der Waals surface area contributed by atoms with Gasteiger partial charge in [0.15, 0.2) is 11.7 Å². The van der Waals surface area contributed by atoms with Crippen molar-refractivity contribution < 1.29 is 32.1 Å². The molecular weight excluding hydrogens is 526 g/mol. The maximum atomic E-state index is 13.4. The van der Waals surface area contributed by atoms with Gasteiger partial charge >= 0.3 is 12.1 Å². The number of benzene rings is 1. The Balaban J connectivity index is 1.67. The molecule has 0 spiro atoms. The van der Waals surface area contributed by atoms with Crippen LogP contribution in [-0.2, 0) is 20.1 Å². The Labute approximate surface area is 219 Å². The fourth-order valence-electron chi connectivity index (χ4n) is 3.72. The second-order valence-electron chi connectivity index (χ2n) is 9.05. The summed E-state index contributed by atoms with van der Waals surface area (Å²) in [6, 6.07) is 7.38. The van der Waals surface area contributed by atoms with Gasteiger partial charge in [-0.2, -0.15) is 4.99 Å². The van der Waals surface area contributed by atoms with E-state index in [-0.39, 0.29) is 42.7 Å². The van der Waals surface area contributed by atoms with E-state index in [0.29, 0.717) is 18.5 Å². The number of aromatic nitrogens is 3. The van der Waals surface area contributed by atoms with Crippen LogP contribution in [0.15, 0.2) is 57.2 Å². The Kier molecular flexibility index (Phi) is 7.77. The number of hydrogen-bond acceptors (Lipinski definition) is 8. The Morgan fingerprint density at radius 3 is 2.56 bits per heavy atom. The van der Waals surface area contributed by atoms with Crippen molar-refractivity contribution in [2.75, 3.05) is 5.32 Å². The molecule has 1 saturated carbocycles. The Morgan fingerprint density at radius 1 is 1.21 bits per heavy atom. The van der Waals surface area contributed by atoms with Crippen LogP contribution in [-0.4, -0.2) is 37.1 Å². The number of anilines is 1. The van der Waals surface area contributed by atoms with Gasteiger partial charge in [0.1, 0.15) is 23.0 Å². The van der Waals surface area contributed by atoms with Crippen LogP contribution in [0.1, 0.15) is 31.9 Å². The Morgan fingerprint density at radius 2 is 1.92 bits per heavy atom. The quantitative estimate of drug-likeness (QED) is 0.237. The zero-order chi connectivity index (χ0) is 28.4. The number of halogens is 4. The van der Waals surface area contributed by atoms with Crippen molar-refractivity contribution in [3.8, 4) is 11.5 Å². The highest BCUT2D eigenvalue weighted by Gasteiger charge is 2.40. The van der Waals surface area contributed by atoms with Gasteiger partial charge in [0.05, 0.1) is 24.0 Å². The first-order valence-corrected chi connectivity index (χ1v) is 11.8. The van der Waals surface area contributed by atoms with Crippen LogP contribution < -0.4 is 26.0 Å². The van der Waals surface area contributed by atoms with E-state index < -0.39 is 34.8 Å². The summed E-state index contributed by atoms with van der Waals surface area (Å²) in [5.41, 5.74) is -2.00. The van der Waals surface area contributed by atoms with E-state index in [2.05, 4.69) is 20.0 Å². The number of alkyl halides is 3. The zero-order valence-electron chi connectivity index (χ0n) is 21.0. The number of nitrogens with one attached hydrogen (secondary N) is 1. The number of nitrogens with zero attached hydrogens (tertiary/aromatic N) is 4. The van der Waals surface area contributed by atoms with Crippen molar-refractivity contribution in [1.29, 1.82) is 0 Å². The monoisotopic (exact) mass is 551 g/mol. The zero-order valence-corrected chi connectivity index (χ0v) is 21.0. The first kappa shape index (κ1) is 27.8. The number of hydrogen-bond donors (Lipinski definition) is 2. The fourth-order valence-corrected chi connectivity index (χ4v) is 3.72. The average Bonchev–Trinajstić information content (AvgIpc) is 3.59. The molecule has 1 aliphatic carbocycles. The number of ether oxygens (including phenoxy) is 2.